The maximum Gasteiger partial charge on any atom is 0.169 e. The summed E-state index contributed by atoms with van der Waals surface area (Å²) in [5, 5.41) is 0.895. The van der Waals surface area contributed by atoms with Crippen molar-refractivity contribution in [3.8, 4) is 5.75 Å². The lowest BCUT2D eigenvalue weighted by atomic mass is 10.2. The van der Waals surface area contributed by atoms with E-state index in [0.717, 1.165) is 18.4 Å². The van der Waals surface area contributed by atoms with Crippen molar-refractivity contribution in [2.24, 2.45) is 0 Å². The topological polar surface area (TPSA) is 12.5 Å². The third kappa shape index (κ3) is 3.46. The van der Waals surface area contributed by atoms with Gasteiger partial charge in [0.15, 0.2) is 11.6 Å². The van der Waals surface area contributed by atoms with Gasteiger partial charge in [-0.3, -0.25) is 4.90 Å². The molecule has 1 aromatic rings. The molecule has 0 aliphatic rings. The summed E-state index contributed by atoms with van der Waals surface area (Å²) in [7, 11) is 1.48. The van der Waals surface area contributed by atoms with Crippen LogP contribution in [0.5, 0.6) is 5.75 Å². The summed E-state index contributed by atoms with van der Waals surface area (Å²) < 4.78 is 18.8. The molecule has 0 aliphatic carbocycles. The Kier molecular flexibility index (Phi) is 5.77. The van der Waals surface area contributed by atoms with E-state index in [1.165, 1.54) is 7.11 Å². The van der Waals surface area contributed by atoms with Gasteiger partial charge in [0.1, 0.15) is 0 Å². The molecule has 1 aromatic carbocycles. The van der Waals surface area contributed by atoms with Crippen LogP contribution in [0.4, 0.5) is 4.39 Å². The average Bonchev–Trinajstić information content (AvgIpc) is 2.31. The zero-order valence-corrected chi connectivity index (χ0v) is 11.3. The molecule has 16 heavy (non-hydrogen) atoms. The molecule has 0 atom stereocenters. The van der Waals surface area contributed by atoms with Crippen LogP contribution in [0.15, 0.2) is 18.2 Å². The van der Waals surface area contributed by atoms with Crippen LogP contribution in [0.3, 0.4) is 0 Å². The summed E-state index contributed by atoms with van der Waals surface area (Å²) in [6, 6.07) is 5.26. The van der Waals surface area contributed by atoms with Gasteiger partial charge in [-0.1, -0.05) is 35.0 Å². The van der Waals surface area contributed by atoms with Crippen LogP contribution in [0, 0.1) is 5.82 Å². The molecule has 90 valence electrons. The molecule has 0 aromatic heterocycles. The fraction of sp³-hybridized carbons (Fsp3) is 0.500. The Bertz CT molecular complexity index is 333. The molecular formula is C12H17BrFNO. The lowest BCUT2D eigenvalue weighted by Gasteiger charge is -2.19. The van der Waals surface area contributed by atoms with Crippen LogP contribution in [0.1, 0.15) is 12.5 Å². The van der Waals surface area contributed by atoms with Crippen LogP contribution < -0.4 is 4.74 Å². The van der Waals surface area contributed by atoms with Gasteiger partial charge in [-0.15, -0.1) is 0 Å². The van der Waals surface area contributed by atoms with Crippen molar-refractivity contribution in [1.82, 2.24) is 4.90 Å². The van der Waals surface area contributed by atoms with Crippen molar-refractivity contribution >= 4 is 15.9 Å². The number of ether oxygens (including phenoxy) is 1. The molecule has 0 fully saturated rings. The molecule has 0 saturated heterocycles. The largest absolute Gasteiger partial charge is 0.494 e. The van der Waals surface area contributed by atoms with Crippen LogP contribution in [-0.2, 0) is 6.54 Å². The van der Waals surface area contributed by atoms with E-state index < -0.39 is 0 Å². The van der Waals surface area contributed by atoms with E-state index in [9.17, 15) is 4.39 Å². The third-order valence-corrected chi connectivity index (χ3v) is 2.86. The number of alkyl halides is 1. The predicted molar refractivity (Wildman–Crippen MR) is 67.7 cm³/mol. The van der Waals surface area contributed by atoms with Crippen LogP contribution in [0.25, 0.3) is 0 Å². The highest BCUT2D eigenvalue weighted by molar-refractivity contribution is 9.09. The Hall–Kier alpha value is -0.610. The smallest absolute Gasteiger partial charge is 0.169 e. The van der Waals surface area contributed by atoms with Gasteiger partial charge in [0.05, 0.1) is 7.11 Å². The number of hydrogen-bond acceptors (Lipinski definition) is 2. The van der Waals surface area contributed by atoms with Crippen LogP contribution in [-0.4, -0.2) is 30.4 Å². The Morgan fingerprint density at radius 1 is 1.44 bits per heavy atom. The van der Waals surface area contributed by atoms with Gasteiger partial charge >= 0.3 is 0 Å². The van der Waals surface area contributed by atoms with E-state index >= 15 is 0 Å². The van der Waals surface area contributed by atoms with Crippen molar-refractivity contribution in [1.29, 1.82) is 0 Å². The molecule has 0 radical (unpaired) electrons. The summed E-state index contributed by atoms with van der Waals surface area (Å²) in [5.41, 5.74) is 0.683. The Morgan fingerprint density at radius 2 is 2.19 bits per heavy atom. The lowest BCUT2D eigenvalue weighted by molar-refractivity contribution is 0.291. The van der Waals surface area contributed by atoms with Gasteiger partial charge < -0.3 is 4.74 Å². The predicted octanol–water partition coefficient (Wildman–Crippen LogP) is 3.05. The second-order valence-electron chi connectivity index (χ2n) is 3.49. The minimum Gasteiger partial charge on any atom is -0.494 e. The Morgan fingerprint density at radius 3 is 2.75 bits per heavy atom. The van der Waals surface area contributed by atoms with Gasteiger partial charge in [-0.25, -0.2) is 4.39 Å². The van der Waals surface area contributed by atoms with Gasteiger partial charge in [0.2, 0.25) is 0 Å². The normalized spacial score (nSPS) is 10.8. The van der Waals surface area contributed by atoms with E-state index in [2.05, 4.69) is 27.8 Å². The van der Waals surface area contributed by atoms with Crippen LogP contribution >= 0.6 is 15.9 Å². The number of nitrogens with zero attached hydrogens (tertiary/aromatic N) is 1. The molecule has 0 heterocycles. The molecule has 0 N–H and O–H groups in total. The van der Waals surface area contributed by atoms with Gasteiger partial charge in [-0.05, 0) is 12.6 Å². The highest BCUT2D eigenvalue weighted by Crippen LogP contribution is 2.21. The molecule has 2 nitrogen and oxygen atoms in total. The summed E-state index contributed by atoms with van der Waals surface area (Å²) in [4.78, 5) is 2.17. The van der Waals surface area contributed by atoms with E-state index in [1.54, 1.807) is 12.1 Å². The van der Waals surface area contributed by atoms with Crippen molar-refractivity contribution < 1.29 is 9.13 Å². The van der Waals surface area contributed by atoms with Gasteiger partial charge in [-0.2, -0.15) is 0 Å². The van der Waals surface area contributed by atoms with E-state index in [4.69, 9.17) is 4.74 Å². The minimum atomic E-state index is -0.252. The first-order valence-electron chi connectivity index (χ1n) is 5.32. The molecule has 0 aliphatic heterocycles. The summed E-state index contributed by atoms with van der Waals surface area (Å²) in [5.74, 6) is 0.0606. The fourth-order valence-electron chi connectivity index (χ4n) is 1.55. The molecule has 0 saturated carbocycles. The zero-order chi connectivity index (χ0) is 12.0. The van der Waals surface area contributed by atoms with Gasteiger partial charge in [0.25, 0.3) is 0 Å². The molecule has 4 heteroatoms. The minimum absolute atomic E-state index is 0.252. The first-order chi connectivity index (χ1) is 7.72. The fourth-order valence-corrected chi connectivity index (χ4v) is 2.05. The van der Waals surface area contributed by atoms with Crippen molar-refractivity contribution in [3.05, 3.63) is 29.6 Å². The highest BCUT2D eigenvalue weighted by atomic mass is 79.9. The van der Waals surface area contributed by atoms with Crippen molar-refractivity contribution in [2.75, 3.05) is 25.5 Å². The number of hydrogen-bond donors (Lipinski definition) is 0. The number of halogens is 2. The molecular weight excluding hydrogens is 273 g/mol. The van der Waals surface area contributed by atoms with Crippen molar-refractivity contribution in [2.45, 2.75) is 13.5 Å². The number of methoxy groups -OCH3 is 1. The maximum absolute atomic E-state index is 13.8. The van der Waals surface area contributed by atoms with E-state index in [-0.39, 0.29) is 5.82 Å². The van der Waals surface area contributed by atoms with Gasteiger partial charge in [0, 0.05) is 24.0 Å². The molecule has 0 amide bonds. The second kappa shape index (κ2) is 6.86. The zero-order valence-electron chi connectivity index (χ0n) is 9.67. The number of benzene rings is 1. The third-order valence-electron chi connectivity index (χ3n) is 2.51. The molecule has 0 bridgehead atoms. The summed E-state index contributed by atoms with van der Waals surface area (Å²) in [6.07, 6.45) is 0. The van der Waals surface area contributed by atoms with E-state index in [0.29, 0.717) is 17.9 Å². The summed E-state index contributed by atoms with van der Waals surface area (Å²) in [6.45, 7) is 4.50. The Labute approximate surface area is 105 Å². The lowest BCUT2D eigenvalue weighted by Crippen LogP contribution is -2.25. The monoisotopic (exact) mass is 289 g/mol. The first kappa shape index (κ1) is 13.5. The van der Waals surface area contributed by atoms with E-state index in [1.807, 2.05) is 6.07 Å². The van der Waals surface area contributed by atoms with Crippen molar-refractivity contribution in [3.63, 3.8) is 0 Å². The molecule has 0 spiro atoms. The quantitative estimate of drug-likeness (QED) is 0.747. The Balaban J connectivity index is 2.79. The number of rotatable bonds is 6. The summed E-state index contributed by atoms with van der Waals surface area (Å²) >= 11 is 3.39. The molecule has 0 unspecified atom stereocenters. The SMILES string of the molecule is CCN(CCBr)Cc1cccc(OC)c1F. The molecule has 1 rings (SSSR count). The average molecular weight is 290 g/mol. The first-order valence-corrected chi connectivity index (χ1v) is 6.44. The maximum atomic E-state index is 13.8. The standard InChI is InChI=1S/C12H17BrFNO/c1-3-15(8-7-13)9-10-5-4-6-11(16-2)12(10)14/h4-6H,3,7-9H2,1-2H3. The highest BCUT2D eigenvalue weighted by Gasteiger charge is 2.11. The van der Waals surface area contributed by atoms with Crippen LogP contribution in [0.2, 0.25) is 0 Å². The second-order valence-corrected chi connectivity index (χ2v) is 4.28.